The van der Waals surface area contributed by atoms with E-state index < -0.39 is 0 Å². The Kier molecular flexibility index (Phi) is 5.45. The second-order valence-corrected chi connectivity index (χ2v) is 5.87. The van der Waals surface area contributed by atoms with Crippen molar-refractivity contribution in [3.8, 4) is 0 Å². The molecule has 0 aromatic rings. The molecule has 1 amide bonds. The maximum absolute atomic E-state index is 11.9. The fourth-order valence-electron chi connectivity index (χ4n) is 3.08. The molecule has 0 aliphatic carbocycles. The quantitative estimate of drug-likeness (QED) is 0.767. The van der Waals surface area contributed by atoms with Gasteiger partial charge in [0.15, 0.2) is 0 Å². The third-order valence-corrected chi connectivity index (χ3v) is 4.07. The molecule has 2 saturated heterocycles. The van der Waals surface area contributed by atoms with E-state index in [-0.39, 0.29) is 11.9 Å². The molecule has 0 radical (unpaired) electrons. The summed E-state index contributed by atoms with van der Waals surface area (Å²) in [5.41, 5.74) is 0. The van der Waals surface area contributed by atoms with Crippen molar-refractivity contribution in [1.29, 1.82) is 0 Å². The molecule has 0 bridgehead atoms. The molecule has 0 spiro atoms. The average molecular weight is 253 g/mol. The summed E-state index contributed by atoms with van der Waals surface area (Å²) in [6, 6.07) is 0.289. The van der Waals surface area contributed by atoms with Crippen LogP contribution in [0.25, 0.3) is 0 Å². The largest absolute Gasteiger partial charge is 0.352 e. The second-order valence-electron chi connectivity index (χ2n) is 5.87. The Morgan fingerprint density at radius 2 is 2.00 bits per heavy atom. The minimum atomic E-state index is 0.244. The normalized spacial score (nSPS) is 24.1. The molecule has 2 fully saturated rings. The van der Waals surface area contributed by atoms with E-state index in [1.165, 1.54) is 25.9 Å². The van der Waals surface area contributed by atoms with Crippen molar-refractivity contribution in [2.75, 3.05) is 32.7 Å². The van der Waals surface area contributed by atoms with E-state index >= 15 is 0 Å². The van der Waals surface area contributed by atoms with Crippen LogP contribution in [0.15, 0.2) is 0 Å². The number of hydrogen-bond donors (Lipinski definition) is 2. The van der Waals surface area contributed by atoms with Crippen LogP contribution in [0.2, 0.25) is 0 Å². The third kappa shape index (κ3) is 4.58. The third-order valence-electron chi connectivity index (χ3n) is 4.07. The molecule has 2 N–H and O–H groups in total. The van der Waals surface area contributed by atoms with Crippen molar-refractivity contribution in [2.24, 2.45) is 5.92 Å². The first-order valence-electron chi connectivity index (χ1n) is 7.46. The molecule has 2 aliphatic rings. The molecule has 18 heavy (non-hydrogen) atoms. The van der Waals surface area contributed by atoms with Crippen LogP contribution >= 0.6 is 0 Å². The topological polar surface area (TPSA) is 44.4 Å². The van der Waals surface area contributed by atoms with E-state index in [0.717, 1.165) is 32.5 Å². The predicted molar refractivity (Wildman–Crippen MR) is 73.5 cm³/mol. The summed E-state index contributed by atoms with van der Waals surface area (Å²) in [5.74, 6) is 0.832. The molecule has 1 unspecified atom stereocenters. The highest BCUT2D eigenvalue weighted by atomic mass is 16.1. The van der Waals surface area contributed by atoms with Gasteiger partial charge in [0.2, 0.25) is 5.91 Å². The highest BCUT2D eigenvalue weighted by Crippen LogP contribution is 2.15. The van der Waals surface area contributed by atoms with Crippen LogP contribution < -0.4 is 10.6 Å². The minimum absolute atomic E-state index is 0.244. The molecule has 0 saturated carbocycles. The van der Waals surface area contributed by atoms with Gasteiger partial charge in [-0.1, -0.05) is 0 Å². The SMILES string of the molecule is CC(CN1CCCC1)NC(=O)CC1CCNCC1. The van der Waals surface area contributed by atoms with Crippen molar-refractivity contribution < 1.29 is 4.79 Å². The van der Waals surface area contributed by atoms with Gasteiger partial charge >= 0.3 is 0 Å². The van der Waals surface area contributed by atoms with Crippen molar-refractivity contribution in [3.05, 3.63) is 0 Å². The van der Waals surface area contributed by atoms with E-state index in [2.05, 4.69) is 22.5 Å². The van der Waals surface area contributed by atoms with Crippen LogP contribution in [0.3, 0.4) is 0 Å². The summed E-state index contributed by atoms with van der Waals surface area (Å²) in [6.07, 6.45) is 5.64. The summed E-state index contributed by atoms with van der Waals surface area (Å²) >= 11 is 0. The first-order chi connectivity index (χ1) is 8.74. The van der Waals surface area contributed by atoms with Crippen LogP contribution in [-0.2, 0) is 4.79 Å². The van der Waals surface area contributed by atoms with Gasteiger partial charge in [-0.05, 0) is 64.7 Å². The molecule has 2 heterocycles. The van der Waals surface area contributed by atoms with Gasteiger partial charge in [-0.15, -0.1) is 0 Å². The summed E-state index contributed by atoms with van der Waals surface area (Å²) in [6.45, 7) is 7.68. The van der Waals surface area contributed by atoms with Crippen LogP contribution in [0.5, 0.6) is 0 Å². The second kappa shape index (κ2) is 7.10. The van der Waals surface area contributed by atoms with E-state index in [0.29, 0.717) is 12.3 Å². The Morgan fingerprint density at radius 1 is 1.33 bits per heavy atom. The van der Waals surface area contributed by atoms with Crippen molar-refractivity contribution in [2.45, 2.75) is 45.1 Å². The van der Waals surface area contributed by atoms with E-state index in [1.807, 2.05) is 0 Å². The van der Waals surface area contributed by atoms with Gasteiger partial charge in [0.25, 0.3) is 0 Å². The number of amides is 1. The highest BCUT2D eigenvalue weighted by Gasteiger charge is 2.19. The number of nitrogens with zero attached hydrogens (tertiary/aromatic N) is 1. The first kappa shape index (κ1) is 13.8. The molecule has 0 aromatic carbocycles. The minimum Gasteiger partial charge on any atom is -0.352 e. The Hall–Kier alpha value is -0.610. The summed E-state index contributed by atoms with van der Waals surface area (Å²) < 4.78 is 0. The van der Waals surface area contributed by atoms with Gasteiger partial charge in [0.1, 0.15) is 0 Å². The van der Waals surface area contributed by atoms with Crippen molar-refractivity contribution in [3.63, 3.8) is 0 Å². The Labute approximate surface area is 110 Å². The lowest BCUT2D eigenvalue weighted by atomic mass is 9.94. The van der Waals surface area contributed by atoms with Gasteiger partial charge < -0.3 is 15.5 Å². The van der Waals surface area contributed by atoms with Crippen LogP contribution in [0.1, 0.15) is 39.0 Å². The number of carbonyl (C=O) groups excluding carboxylic acids is 1. The molecule has 1 atom stereocenters. The molecule has 0 aromatic heterocycles. The van der Waals surface area contributed by atoms with E-state index in [9.17, 15) is 4.79 Å². The maximum Gasteiger partial charge on any atom is 0.220 e. The van der Waals surface area contributed by atoms with Crippen LogP contribution in [0.4, 0.5) is 0 Å². The van der Waals surface area contributed by atoms with Crippen LogP contribution in [-0.4, -0.2) is 49.6 Å². The smallest absolute Gasteiger partial charge is 0.220 e. The Balaban J connectivity index is 1.62. The summed E-state index contributed by atoms with van der Waals surface area (Å²) in [5, 5.41) is 6.49. The van der Waals surface area contributed by atoms with Gasteiger partial charge in [0, 0.05) is 19.0 Å². The van der Waals surface area contributed by atoms with Crippen molar-refractivity contribution in [1.82, 2.24) is 15.5 Å². The number of hydrogen-bond acceptors (Lipinski definition) is 3. The monoisotopic (exact) mass is 253 g/mol. The number of piperidine rings is 1. The van der Waals surface area contributed by atoms with Crippen molar-refractivity contribution >= 4 is 5.91 Å². The van der Waals surface area contributed by atoms with Gasteiger partial charge in [0.05, 0.1) is 0 Å². The number of rotatable bonds is 5. The summed E-state index contributed by atoms with van der Waals surface area (Å²) in [4.78, 5) is 14.4. The van der Waals surface area contributed by atoms with Gasteiger partial charge in [-0.3, -0.25) is 4.79 Å². The zero-order chi connectivity index (χ0) is 12.8. The molecule has 2 aliphatic heterocycles. The van der Waals surface area contributed by atoms with Crippen LogP contribution in [0, 0.1) is 5.92 Å². The lowest BCUT2D eigenvalue weighted by Crippen LogP contribution is -2.42. The lowest BCUT2D eigenvalue weighted by Gasteiger charge is -2.24. The predicted octanol–water partition coefficient (Wildman–Crippen LogP) is 0.977. The zero-order valence-electron chi connectivity index (χ0n) is 11.6. The Bertz CT molecular complexity index is 258. The molecule has 104 valence electrons. The maximum atomic E-state index is 11.9. The molecular weight excluding hydrogens is 226 g/mol. The number of carbonyl (C=O) groups is 1. The highest BCUT2D eigenvalue weighted by molar-refractivity contribution is 5.76. The first-order valence-corrected chi connectivity index (χ1v) is 7.46. The standard InChI is InChI=1S/C14H27N3O/c1-12(11-17-8-2-3-9-17)16-14(18)10-13-4-6-15-7-5-13/h12-13,15H,2-11H2,1H3,(H,16,18). The fraction of sp³-hybridized carbons (Fsp3) is 0.929. The molecule has 4 nitrogen and oxygen atoms in total. The molecule has 2 rings (SSSR count). The Morgan fingerprint density at radius 3 is 2.67 bits per heavy atom. The fourth-order valence-corrected chi connectivity index (χ4v) is 3.08. The lowest BCUT2D eigenvalue weighted by molar-refractivity contribution is -0.122. The van der Waals surface area contributed by atoms with E-state index in [1.54, 1.807) is 0 Å². The van der Waals surface area contributed by atoms with Gasteiger partial charge in [-0.25, -0.2) is 0 Å². The number of nitrogens with one attached hydrogen (secondary N) is 2. The average Bonchev–Trinajstić information content (AvgIpc) is 2.82. The van der Waals surface area contributed by atoms with Gasteiger partial charge in [-0.2, -0.15) is 0 Å². The van der Waals surface area contributed by atoms with E-state index in [4.69, 9.17) is 0 Å². The summed E-state index contributed by atoms with van der Waals surface area (Å²) in [7, 11) is 0. The number of likely N-dealkylation sites (tertiary alicyclic amines) is 1. The molecule has 4 heteroatoms. The molecular formula is C14H27N3O. The zero-order valence-corrected chi connectivity index (χ0v) is 11.6.